The zero-order chi connectivity index (χ0) is 19.6. The van der Waals surface area contributed by atoms with Crippen LogP contribution in [0.5, 0.6) is 11.5 Å². The molecule has 0 unspecified atom stereocenters. The van der Waals surface area contributed by atoms with E-state index in [-0.39, 0.29) is 12.5 Å². The Labute approximate surface area is 168 Å². The van der Waals surface area contributed by atoms with Crippen molar-refractivity contribution in [3.05, 3.63) is 64.7 Å². The minimum atomic E-state index is -0.228. The average molecular weight is 433 g/mol. The Hall–Kier alpha value is -2.31. The van der Waals surface area contributed by atoms with Crippen molar-refractivity contribution >= 4 is 27.5 Å². The van der Waals surface area contributed by atoms with Gasteiger partial charge in [0.2, 0.25) is 0 Å². The van der Waals surface area contributed by atoms with E-state index in [0.717, 1.165) is 21.3 Å². The number of benzene rings is 2. The zero-order valence-electron chi connectivity index (χ0n) is 15.7. The van der Waals surface area contributed by atoms with Gasteiger partial charge in [0.05, 0.1) is 6.61 Å². The number of hydrogen-bond donors (Lipinski definition) is 2. The van der Waals surface area contributed by atoms with Crippen LogP contribution in [0.4, 0.5) is 5.69 Å². The van der Waals surface area contributed by atoms with Crippen molar-refractivity contribution in [2.75, 3.05) is 25.1 Å². The summed E-state index contributed by atoms with van der Waals surface area (Å²) in [5, 5.41) is 6.07. The molecule has 27 heavy (non-hydrogen) atoms. The molecule has 2 N–H and O–H groups in total. The molecule has 6 heteroatoms. The summed E-state index contributed by atoms with van der Waals surface area (Å²) < 4.78 is 12.3. The van der Waals surface area contributed by atoms with Crippen molar-refractivity contribution in [2.24, 2.45) is 0 Å². The molecule has 0 spiro atoms. The topological polar surface area (TPSA) is 59.6 Å². The maximum absolute atomic E-state index is 12.2. The van der Waals surface area contributed by atoms with Gasteiger partial charge in [-0.25, -0.2) is 0 Å². The van der Waals surface area contributed by atoms with Gasteiger partial charge >= 0.3 is 0 Å². The maximum atomic E-state index is 12.2. The van der Waals surface area contributed by atoms with Crippen molar-refractivity contribution in [2.45, 2.75) is 20.4 Å². The number of rotatable bonds is 10. The lowest BCUT2D eigenvalue weighted by Crippen LogP contribution is -2.20. The van der Waals surface area contributed by atoms with Gasteiger partial charge in [0.1, 0.15) is 0 Å². The fourth-order valence-electron chi connectivity index (χ4n) is 2.38. The highest BCUT2D eigenvalue weighted by Gasteiger charge is 2.13. The van der Waals surface area contributed by atoms with Gasteiger partial charge in [0.25, 0.3) is 5.91 Å². The van der Waals surface area contributed by atoms with Gasteiger partial charge in [-0.2, -0.15) is 0 Å². The van der Waals surface area contributed by atoms with Crippen LogP contribution in [-0.2, 0) is 11.3 Å². The molecule has 0 aromatic heterocycles. The van der Waals surface area contributed by atoms with Gasteiger partial charge in [-0.1, -0.05) is 39.7 Å². The van der Waals surface area contributed by atoms with Gasteiger partial charge in [-0.3, -0.25) is 4.79 Å². The number of ether oxygens (including phenoxy) is 2. The summed E-state index contributed by atoms with van der Waals surface area (Å²) in [4.78, 5) is 12.2. The van der Waals surface area contributed by atoms with Gasteiger partial charge in [0, 0.05) is 23.2 Å². The summed E-state index contributed by atoms with van der Waals surface area (Å²) in [6, 6.07) is 11.4. The van der Waals surface area contributed by atoms with Crippen LogP contribution < -0.4 is 20.1 Å². The van der Waals surface area contributed by atoms with Crippen molar-refractivity contribution in [3.63, 3.8) is 0 Å². The molecule has 144 valence electrons. The number of anilines is 1. The highest BCUT2D eigenvalue weighted by molar-refractivity contribution is 9.10. The Morgan fingerprint density at radius 1 is 1.19 bits per heavy atom. The predicted octanol–water partition coefficient (Wildman–Crippen LogP) is 4.45. The first-order valence-electron chi connectivity index (χ1n) is 8.79. The van der Waals surface area contributed by atoms with E-state index in [1.165, 1.54) is 0 Å². The van der Waals surface area contributed by atoms with Crippen LogP contribution in [0.1, 0.15) is 18.1 Å². The molecule has 0 saturated heterocycles. The number of hydrogen-bond acceptors (Lipinski definition) is 4. The Kier molecular flexibility index (Phi) is 8.36. The molecule has 0 aliphatic heterocycles. The molecule has 2 rings (SSSR count). The third-order valence-corrected chi connectivity index (χ3v) is 4.45. The standard InChI is InChI=1S/C21H25BrN2O3/c1-4-10-23-13-16-11-19(26-5-2)20(12-18(16)22)27-14-21(25)24-17-8-6-15(3)7-9-17/h4,6-9,11-12,23H,1,5,10,13-14H2,2-3H3,(H,24,25). The molecule has 0 heterocycles. The quantitative estimate of drug-likeness (QED) is 0.430. The molecule has 0 aliphatic rings. The molecule has 0 aliphatic carbocycles. The van der Waals surface area contributed by atoms with Crippen LogP contribution in [0.15, 0.2) is 53.5 Å². The lowest BCUT2D eigenvalue weighted by Gasteiger charge is -2.15. The van der Waals surface area contributed by atoms with Crippen molar-refractivity contribution in [3.8, 4) is 11.5 Å². The van der Waals surface area contributed by atoms with Gasteiger partial charge < -0.3 is 20.1 Å². The molecular weight excluding hydrogens is 408 g/mol. The molecule has 1 amide bonds. The number of carbonyl (C=O) groups excluding carboxylic acids is 1. The number of carbonyl (C=O) groups is 1. The highest BCUT2D eigenvalue weighted by Crippen LogP contribution is 2.34. The summed E-state index contributed by atoms with van der Waals surface area (Å²) in [6.07, 6.45) is 1.81. The first-order chi connectivity index (χ1) is 13.0. The van der Waals surface area contributed by atoms with Crippen LogP contribution in [0.25, 0.3) is 0 Å². The minimum Gasteiger partial charge on any atom is -0.490 e. The van der Waals surface area contributed by atoms with E-state index < -0.39 is 0 Å². The number of halogens is 1. The van der Waals surface area contributed by atoms with Crippen LogP contribution in [0.3, 0.4) is 0 Å². The summed E-state index contributed by atoms with van der Waals surface area (Å²) in [5.74, 6) is 0.906. The van der Waals surface area contributed by atoms with Crippen LogP contribution in [-0.4, -0.2) is 25.7 Å². The van der Waals surface area contributed by atoms with E-state index in [9.17, 15) is 4.79 Å². The third kappa shape index (κ3) is 6.73. The monoisotopic (exact) mass is 432 g/mol. The Morgan fingerprint density at radius 3 is 2.56 bits per heavy atom. The second-order valence-electron chi connectivity index (χ2n) is 5.95. The molecule has 5 nitrogen and oxygen atoms in total. The van der Waals surface area contributed by atoms with E-state index in [4.69, 9.17) is 9.47 Å². The normalized spacial score (nSPS) is 10.3. The number of nitrogens with one attached hydrogen (secondary N) is 2. The summed E-state index contributed by atoms with van der Waals surface area (Å²) in [5.41, 5.74) is 2.92. The van der Waals surface area contributed by atoms with Gasteiger partial charge in [-0.05, 0) is 43.7 Å². The SMILES string of the molecule is C=CCNCc1cc(OCC)c(OCC(=O)Nc2ccc(C)cc2)cc1Br. The predicted molar refractivity (Wildman–Crippen MR) is 113 cm³/mol. The molecule has 0 atom stereocenters. The van der Waals surface area contributed by atoms with Crippen molar-refractivity contribution < 1.29 is 14.3 Å². The van der Waals surface area contributed by atoms with E-state index in [2.05, 4.69) is 33.1 Å². The molecule has 0 saturated carbocycles. The van der Waals surface area contributed by atoms with E-state index in [1.807, 2.05) is 56.3 Å². The van der Waals surface area contributed by atoms with Gasteiger partial charge in [0.15, 0.2) is 18.1 Å². The minimum absolute atomic E-state index is 0.103. The van der Waals surface area contributed by atoms with Gasteiger partial charge in [-0.15, -0.1) is 6.58 Å². The second kappa shape index (κ2) is 10.7. The summed E-state index contributed by atoms with van der Waals surface area (Å²) in [7, 11) is 0. The van der Waals surface area contributed by atoms with Crippen LogP contribution in [0, 0.1) is 6.92 Å². The van der Waals surface area contributed by atoms with E-state index in [0.29, 0.717) is 31.2 Å². The fraction of sp³-hybridized carbons (Fsp3) is 0.286. The molecule has 2 aromatic carbocycles. The third-order valence-electron chi connectivity index (χ3n) is 3.71. The molecule has 0 radical (unpaired) electrons. The lowest BCUT2D eigenvalue weighted by molar-refractivity contribution is -0.118. The Bertz CT molecular complexity index is 776. The molecule has 0 fully saturated rings. The summed E-state index contributed by atoms with van der Waals surface area (Å²) >= 11 is 3.55. The zero-order valence-corrected chi connectivity index (χ0v) is 17.3. The Balaban J connectivity index is 2.02. The first-order valence-corrected chi connectivity index (χ1v) is 9.59. The molecule has 2 aromatic rings. The van der Waals surface area contributed by atoms with E-state index in [1.54, 1.807) is 0 Å². The molecule has 0 bridgehead atoms. The average Bonchev–Trinajstić information content (AvgIpc) is 2.65. The summed E-state index contributed by atoms with van der Waals surface area (Å²) in [6.45, 7) is 9.39. The first kappa shape index (κ1) is 21.0. The number of amides is 1. The number of aryl methyl sites for hydroxylation is 1. The van der Waals surface area contributed by atoms with Crippen molar-refractivity contribution in [1.82, 2.24) is 5.32 Å². The lowest BCUT2D eigenvalue weighted by atomic mass is 10.2. The largest absolute Gasteiger partial charge is 0.490 e. The fourth-order valence-corrected chi connectivity index (χ4v) is 2.84. The second-order valence-corrected chi connectivity index (χ2v) is 6.80. The highest BCUT2D eigenvalue weighted by atomic mass is 79.9. The van der Waals surface area contributed by atoms with Crippen molar-refractivity contribution in [1.29, 1.82) is 0 Å². The van der Waals surface area contributed by atoms with Crippen LogP contribution >= 0.6 is 15.9 Å². The van der Waals surface area contributed by atoms with E-state index >= 15 is 0 Å². The maximum Gasteiger partial charge on any atom is 0.262 e. The van der Waals surface area contributed by atoms with Crippen LogP contribution in [0.2, 0.25) is 0 Å². The smallest absolute Gasteiger partial charge is 0.262 e. The molecular formula is C21H25BrN2O3. The Morgan fingerprint density at radius 2 is 1.89 bits per heavy atom.